The predicted octanol–water partition coefficient (Wildman–Crippen LogP) is 5.34. The van der Waals surface area contributed by atoms with Crippen molar-refractivity contribution in [3.05, 3.63) is 65.7 Å². The second-order valence-electron chi connectivity index (χ2n) is 6.84. The molecule has 0 saturated carbocycles. The van der Waals surface area contributed by atoms with Crippen molar-refractivity contribution in [1.29, 1.82) is 0 Å². The fraction of sp³-hybridized carbons (Fsp3) is 0.391. The van der Waals surface area contributed by atoms with Gasteiger partial charge in [-0.15, -0.1) is 0 Å². The summed E-state index contributed by atoms with van der Waals surface area (Å²) in [5.41, 5.74) is 3.51. The molecule has 3 nitrogen and oxygen atoms in total. The number of nitrogens with zero attached hydrogens (tertiary/aromatic N) is 1. The number of likely N-dealkylation sites (N-methyl/N-ethyl adjacent to an activating group) is 1. The normalized spacial score (nSPS) is 11.8. The molecule has 3 heteroatoms. The van der Waals surface area contributed by atoms with Crippen molar-refractivity contribution < 1.29 is 9.84 Å². The Morgan fingerprint density at radius 1 is 0.962 bits per heavy atom. The Morgan fingerprint density at radius 2 is 1.58 bits per heavy atom. The molecule has 0 aliphatic heterocycles. The number of allylic oxidation sites excluding steroid dienone is 1. The molecule has 2 rings (SSSR count). The molecule has 140 valence electrons. The van der Waals surface area contributed by atoms with Gasteiger partial charge in [0.1, 0.15) is 18.1 Å². The Morgan fingerprint density at radius 3 is 2.15 bits per heavy atom. The zero-order valence-electron chi connectivity index (χ0n) is 16.2. The summed E-state index contributed by atoms with van der Waals surface area (Å²) in [7, 11) is 4.08. The number of hydrogen-bond donors (Lipinski definition) is 1. The summed E-state index contributed by atoms with van der Waals surface area (Å²) in [6, 6.07) is 15.7. The fourth-order valence-corrected chi connectivity index (χ4v) is 2.76. The van der Waals surface area contributed by atoms with Crippen molar-refractivity contribution in [2.45, 2.75) is 32.6 Å². The van der Waals surface area contributed by atoms with Crippen LogP contribution in [0.4, 0.5) is 0 Å². The van der Waals surface area contributed by atoms with Crippen LogP contribution in [0.2, 0.25) is 0 Å². The van der Waals surface area contributed by atoms with Gasteiger partial charge in [-0.2, -0.15) is 0 Å². The number of ether oxygens (including phenoxy) is 1. The van der Waals surface area contributed by atoms with Gasteiger partial charge in [0.05, 0.1) is 0 Å². The summed E-state index contributed by atoms with van der Waals surface area (Å²) in [4.78, 5) is 2.11. The van der Waals surface area contributed by atoms with Crippen molar-refractivity contribution in [3.8, 4) is 11.5 Å². The average Bonchev–Trinajstić information content (AvgIpc) is 2.63. The van der Waals surface area contributed by atoms with Crippen LogP contribution in [0.25, 0.3) is 5.57 Å². The number of phenolic OH excluding ortho intramolecular Hbond substituents is 1. The minimum atomic E-state index is 0.295. The van der Waals surface area contributed by atoms with Gasteiger partial charge < -0.3 is 14.7 Å². The molecule has 0 aliphatic carbocycles. The SMILES string of the molecule is CCCCC/C=C(/c1ccc(O)cc1)c1ccc(OCCN(C)C)cc1. The van der Waals surface area contributed by atoms with Crippen molar-refractivity contribution in [2.75, 3.05) is 27.2 Å². The molecule has 0 aliphatic rings. The molecule has 0 atom stereocenters. The lowest BCUT2D eigenvalue weighted by atomic mass is 9.96. The minimum Gasteiger partial charge on any atom is -0.508 e. The van der Waals surface area contributed by atoms with Crippen molar-refractivity contribution in [3.63, 3.8) is 0 Å². The Bertz CT molecular complexity index is 672. The van der Waals surface area contributed by atoms with Crippen molar-refractivity contribution in [1.82, 2.24) is 4.90 Å². The van der Waals surface area contributed by atoms with E-state index >= 15 is 0 Å². The molecule has 0 spiro atoms. The Hall–Kier alpha value is -2.26. The third kappa shape index (κ3) is 6.57. The van der Waals surface area contributed by atoms with Gasteiger partial charge in [-0.05, 0) is 67.9 Å². The highest BCUT2D eigenvalue weighted by molar-refractivity contribution is 5.80. The molecule has 0 saturated heterocycles. The van der Waals surface area contributed by atoms with Crippen LogP contribution in [-0.4, -0.2) is 37.3 Å². The quantitative estimate of drug-likeness (QED) is 0.585. The molecule has 0 aromatic heterocycles. The first kappa shape index (κ1) is 20.1. The van der Waals surface area contributed by atoms with E-state index in [1.807, 2.05) is 38.4 Å². The Labute approximate surface area is 157 Å². The highest BCUT2D eigenvalue weighted by Crippen LogP contribution is 2.27. The lowest BCUT2D eigenvalue weighted by Crippen LogP contribution is -2.19. The van der Waals surface area contributed by atoms with E-state index in [0.29, 0.717) is 12.4 Å². The van der Waals surface area contributed by atoms with Crippen LogP contribution in [0.1, 0.15) is 43.7 Å². The van der Waals surface area contributed by atoms with E-state index in [1.165, 1.54) is 30.4 Å². The highest BCUT2D eigenvalue weighted by Gasteiger charge is 2.06. The zero-order chi connectivity index (χ0) is 18.8. The molecule has 0 bridgehead atoms. The number of phenols is 1. The van der Waals surface area contributed by atoms with E-state index in [4.69, 9.17) is 4.74 Å². The van der Waals surface area contributed by atoms with Gasteiger partial charge in [0.25, 0.3) is 0 Å². The summed E-state index contributed by atoms with van der Waals surface area (Å²) in [6.45, 7) is 3.81. The summed E-state index contributed by atoms with van der Waals surface area (Å²) < 4.78 is 5.79. The van der Waals surface area contributed by atoms with E-state index in [-0.39, 0.29) is 0 Å². The molecular weight excluding hydrogens is 322 g/mol. The van der Waals surface area contributed by atoms with Gasteiger partial charge in [-0.25, -0.2) is 0 Å². The average molecular weight is 354 g/mol. The topological polar surface area (TPSA) is 32.7 Å². The van der Waals surface area contributed by atoms with E-state index in [0.717, 1.165) is 24.3 Å². The van der Waals surface area contributed by atoms with Gasteiger partial charge in [0, 0.05) is 6.54 Å². The fourth-order valence-electron chi connectivity index (χ4n) is 2.76. The summed E-state index contributed by atoms with van der Waals surface area (Å²) in [5.74, 6) is 1.19. The molecular formula is C23H31NO2. The van der Waals surface area contributed by atoms with Gasteiger partial charge >= 0.3 is 0 Å². The lowest BCUT2D eigenvalue weighted by molar-refractivity contribution is 0.261. The summed E-state index contributed by atoms with van der Waals surface area (Å²) in [5, 5.41) is 9.57. The Balaban J connectivity index is 2.14. The van der Waals surface area contributed by atoms with Gasteiger partial charge in [-0.3, -0.25) is 0 Å². The number of unbranched alkanes of at least 4 members (excludes halogenated alkanes) is 3. The highest BCUT2D eigenvalue weighted by atomic mass is 16.5. The van der Waals surface area contributed by atoms with Crippen molar-refractivity contribution >= 4 is 5.57 Å². The zero-order valence-corrected chi connectivity index (χ0v) is 16.2. The minimum absolute atomic E-state index is 0.295. The predicted molar refractivity (Wildman–Crippen MR) is 110 cm³/mol. The van der Waals surface area contributed by atoms with E-state index in [9.17, 15) is 5.11 Å². The standard InChI is InChI=1S/C23H31NO2/c1-4-5-6-7-8-23(19-9-13-21(25)14-10-19)20-11-15-22(16-12-20)26-18-17-24(2)3/h8-16,25H,4-7,17-18H2,1-3H3/b23-8-. The van der Waals surface area contributed by atoms with E-state index in [1.54, 1.807) is 12.1 Å². The monoisotopic (exact) mass is 353 g/mol. The number of hydrogen-bond acceptors (Lipinski definition) is 3. The van der Waals surface area contributed by atoms with Crippen LogP contribution in [0.15, 0.2) is 54.6 Å². The molecule has 0 radical (unpaired) electrons. The third-order valence-electron chi connectivity index (χ3n) is 4.31. The van der Waals surface area contributed by atoms with Crippen molar-refractivity contribution in [2.24, 2.45) is 0 Å². The number of rotatable bonds is 10. The first-order valence-corrected chi connectivity index (χ1v) is 9.47. The first-order chi connectivity index (χ1) is 12.6. The van der Waals surface area contributed by atoms with Gasteiger partial charge in [-0.1, -0.05) is 50.1 Å². The van der Waals surface area contributed by atoms with E-state index in [2.05, 4.69) is 30.0 Å². The van der Waals surface area contributed by atoms with Crippen LogP contribution in [0, 0.1) is 0 Å². The number of aromatic hydroxyl groups is 1. The maximum Gasteiger partial charge on any atom is 0.119 e. The molecule has 1 N–H and O–H groups in total. The molecule has 0 fully saturated rings. The van der Waals surface area contributed by atoms with E-state index < -0.39 is 0 Å². The molecule has 0 heterocycles. The van der Waals surface area contributed by atoms with Gasteiger partial charge in [0.15, 0.2) is 0 Å². The molecule has 0 amide bonds. The maximum absolute atomic E-state index is 9.57. The van der Waals surface area contributed by atoms with Crippen LogP contribution < -0.4 is 4.74 Å². The lowest BCUT2D eigenvalue weighted by Gasteiger charge is -2.13. The summed E-state index contributed by atoms with van der Waals surface area (Å²) >= 11 is 0. The van der Waals surface area contributed by atoms with Crippen LogP contribution in [-0.2, 0) is 0 Å². The molecule has 0 unspecified atom stereocenters. The smallest absolute Gasteiger partial charge is 0.119 e. The third-order valence-corrected chi connectivity index (χ3v) is 4.31. The van der Waals surface area contributed by atoms with Crippen LogP contribution in [0.3, 0.4) is 0 Å². The number of benzene rings is 2. The van der Waals surface area contributed by atoms with Gasteiger partial charge in [0.2, 0.25) is 0 Å². The second kappa shape index (κ2) is 10.7. The Kier molecular flexibility index (Phi) is 8.23. The second-order valence-corrected chi connectivity index (χ2v) is 6.84. The first-order valence-electron chi connectivity index (χ1n) is 9.47. The molecule has 2 aromatic rings. The van der Waals surface area contributed by atoms with Crippen LogP contribution in [0.5, 0.6) is 11.5 Å². The molecule has 26 heavy (non-hydrogen) atoms. The summed E-state index contributed by atoms with van der Waals surface area (Å²) in [6.07, 6.45) is 7.04. The van der Waals surface area contributed by atoms with Crippen LogP contribution >= 0.6 is 0 Å². The maximum atomic E-state index is 9.57. The molecule has 2 aromatic carbocycles. The largest absolute Gasteiger partial charge is 0.508 e.